The second-order valence-electron chi connectivity index (χ2n) is 6.24. The summed E-state index contributed by atoms with van der Waals surface area (Å²) in [6.45, 7) is -0.309. The molecule has 8 nitrogen and oxygen atoms in total. The van der Waals surface area contributed by atoms with Crippen molar-refractivity contribution in [1.82, 2.24) is 9.78 Å². The van der Waals surface area contributed by atoms with E-state index in [9.17, 15) is 14.9 Å². The Morgan fingerprint density at radius 2 is 2.22 bits per heavy atom. The Morgan fingerprint density at radius 1 is 1.37 bits per heavy atom. The summed E-state index contributed by atoms with van der Waals surface area (Å²) < 4.78 is 11.1. The quantitative estimate of drug-likeness (QED) is 0.692. The summed E-state index contributed by atoms with van der Waals surface area (Å²) in [7, 11) is 0. The molecule has 0 radical (unpaired) electrons. The highest BCUT2D eigenvalue weighted by Crippen LogP contribution is 2.36. The topological polar surface area (TPSA) is 114 Å². The highest BCUT2D eigenvalue weighted by Gasteiger charge is 2.22. The van der Waals surface area contributed by atoms with Gasteiger partial charge in [-0.3, -0.25) is 4.79 Å². The lowest BCUT2D eigenvalue weighted by atomic mass is 10.1. The van der Waals surface area contributed by atoms with Crippen LogP contribution in [0.25, 0.3) is 11.7 Å². The number of furan rings is 1. The zero-order chi connectivity index (χ0) is 18.8. The monoisotopic (exact) mass is 384 g/mol. The van der Waals surface area contributed by atoms with E-state index in [0.29, 0.717) is 16.3 Å². The average Bonchev–Trinajstić information content (AvgIpc) is 3.32. The van der Waals surface area contributed by atoms with Crippen LogP contribution in [0.1, 0.15) is 35.3 Å². The smallest absolute Gasteiger partial charge is 0.437 e. The molecule has 0 unspecified atom stereocenters. The molecule has 1 amide bonds. The highest BCUT2D eigenvalue weighted by atomic mass is 32.1. The molecule has 0 fully saturated rings. The van der Waals surface area contributed by atoms with Gasteiger partial charge in [-0.25, -0.2) is 4.79 Å². The number of anilines is 1. The van der Waals surface area contributed by atoms with E-state index in [0.717, 1.165) is 47.2 Å². The number of amides is 1. The SMILES string of the molecule is N#Cc1c(NC(=O)Cn2nc(-c3ccco3)oc2=O)sc2c1CCCCC2. The zero-order valence-electron chi connectivity index (χ0n) is 14.4. The molecule has 0 aromatic carbocycles. The summed E-state index contributed by atoms with van der Waals surface area (Å²) in [5.41, 5.74) is 1.59. The van der Waals surface area contributed by atoms with Crippen molar-refractivity contribution in [2.24, 2.45) is 0 Å². The Bertz CT molecular complexity index is 1070. The Morgan fingerprint density at radius 3 is 3.00 bits per heavy atom. The molecule has 3 aromatic rings. The molecular weight excluding hydrogens is 368 g/mol. The van der Waals surface area contributed by atoms with E-state index >= 15 is 0 Å². The molecule has 0 atom stereocenters. The third-order valence-corrected chi connectivity index (χ3v) is 5.62. The van der Waals surface area contributed by atoms with Crippen molar-refractivity contribution < 1.29 is 13.6 Å². The Hall–Kier alpha value is -3.12. The number of nitriles is 1. The van der Waals surface area contributed by atoms with Gasteiger partial charge in [-0.05, 0) is 43.4 Å². The van der Waals surface area contributed by atoms with E-state index in [1.165, 1.54) is 17.6 Å². The van der Waals surface area contributed by atoms with E-state index in [1.807, 2.05) is 0 Å². The molecular formula is C18H16N4O4S. The first-order chi connectivity index (χ1) is 13.2. The molecule has 0 saturated carbocycles. The molecule has 9 heteroatoms. The molecule has 0 bridgehead atoms. The molecule has 27 heavy (non-hydrogen) atoms. The summed E-state index contributed by atoms with van der Waals surface area (Å²) in [5.74, 6) is -0.873. The number of hydrogen-bond donors (Lipinski definition) is 1. The Balaban J connectivity index is 1.52. The van der Waals surface area contributed by atoms with Crippen LogP contribution < -0.4 is 11.1 Å². The second kappa shape index (κ2) is 7.25. The first-order valence-corrected chi connectivity index (χ1v) is 9.43. The number of carbonyl (C=O) groups is 1. The average molecular weight is 384 g/mol. The van der Waals surface area contributed by atoms with E-state index < -0.39 is 11.7 Å². The molecule has 1 N–H and O–H groups in total. The van der Waals surface area contributed by atoms with Crippen molar-refractivity contribution in [2.75, 3.05) is 5.32 Å². The summed E-state index contributed by atoms with van der Waals surface area (Å²) in [5, 5.41) is 16.8. The minimum Gasteiger partial charge on any atom is -0.459 e. The lowest BCUT2D eigenvalue weighted by molar-refractivity contribution is -0.117. The molecule has 0 aliphatic heterocycles. The molecule has 1 aliphatic carbocycles. The van der Waals surface area contributed by atoms with Crippen molar-refractivity contribution >= 4 is 22.2 Å². The zero-order valence-corrected chi connectivity index (χ0v) is 15.2. The predicted octanol–water partition coefficient (Wildman–Crippen LogP) is 2.94. The van der Waals surface area contributed by atoms with Crippen LogP contribution in [0.15, 0.2) is 32.0 Å². The minimum atomic E-state index is -0.751. The van der Waals surface area contributed by atoms with Gasteiger partial charge in [0.15, 0.2) is 5.76 Å². The van der Waals surface area contributed by atoms with Crippen molar-refractivity contribution in [2.45, 2.75) is 38.6 Å². The van der Waals surface area contributed by atoms with E-state index in [4.69, 9.17) is 8.83 Å². The van der Waals surface area contributed by atoms with Crippen LogP contribution in [0, 0.1) is 11.3 Å². The second-order valence-corrected chi connectivity index (χ2v) is 7.34. The van der Waals surface area contributed by atoms with Crippen molar-refractivity contribution in [3.8, 4) is 17.7 Å². The molecule has 0 saturated heterocycles. The van der Waals surface area contributed by atoms with Crippen LogP contribution in [0.5, 0.6) is 0 Å². The van der Waals surface area contributed by atoms with E-state index in [2.05, 4.69) is 16.5 Å². The number of carbonyl (C=O) groups excluding carboxylic acids is 1. The van der Waals surface area contributed by atoms with Crippen LogP contribution in [-0.2, 0) is 24.2 Å². The highest BCUT2D eigenvalue weighted by molar-refractivity contribution is 7.16. The third-order valence-electron chi connectivity index (χ3n) is 4.42. The fourth-order valence-electron chi connectivity index (χ4n) is 3.16. The largest absolute Gasteiger partial charge is 0.459 e. The van der Waals surface area contributed by atoms with Gasteiger partial charge in [0.25, 0.3) is 5.89 Å². The van der Waals surface area contributed by atoms with Crippen LogP contribution >= 0.6 is 11.3 Å². The molecule has 4 rings (SSSR count). The van der Waals surface area contributed by atoms with Gasteiger partial charge in [0.1, 0.15) is 17.6 Å². The third kappa shape index (κ3) is 3.44. The van der Waals surface area contributed by atoms with Gasteiger partial charge in [-0.15, -0.1) is 16.4 Å². The van der Waals surface area contributed by atoms with Gasteiger partial charge < -0.3 is 14.2 Å². The number of aryl methyl sites for hydroxylation is 1. The molecule has 0 spiro atoms. The normalized spacial score (nSPS) is 13.6. The maximum atomic E-state index is 12.4. The number of rotatable bonds is 4. The van der Waals surface area contributed by atoms with Crippen molar-refractivity contribution in [1.29, 1.82) is 5.26 Å². The number of hydrogen-bond acceptors (Lipinski definition) is 7. The summed E-state index contributed by atoms with van der Waals surface area (Å²) >= 11 is 1.45. The first kappa shape index (κ1) is 17.3. The van der Waals surface area contributed by atoms with Gasteiger partial charge in [0, 0.05) is 4.88 Å². The minimum absolute atomic E-state index is 0.0124. The van der Waals surface area contributed by atoms with Crippen LogP contribution in [0.2, 0.25) is 0 Å². The standard InChI is InChI=1S/C18H16N4O4S/c19-9-12-11-5-2-1-3-7-14(11)27-17(12)20-15(23)10-22-18(24)26-16(21-22)13-6-4-8-25-13/h4,6,8H,1-3,5,7,10H2,(H,20,23). The summed E-state index contributed by atoms with van der Waals surface area (Å²) in [6, 6.07) is 5.46. The maximum Gasteiger partial charge on any atom is 0.437 e. The van der Waals surface area contributed by atoms with Gasteiger partial charge >= 0.3 is 5.76 Å². The predicted molar refractivity (Wildman–Crippen MR) is 97.4 cm³/mol. The van der Waals surface area contributed by atoms with Gasteiger partial charge in [-0.2, -0.15) is 9.94 Å². The maximum absolute atomic E-state index is 12.4. The molecule has 3 heterocycles. The Kier molecular flexibility index (Phi) is 4.64. The number of aromatic nitrogens is 2. The van der Waals surface area contributed by atoms with Gasteiger partial charge in [-0.1, -0.05) is 6.42 Å². The molecule has 138 valence electrons. The lowest BCUT2D eigenvalue weighted by Gasteiger charge is -2.03. The van der Waals surface area contributed by atoms with Gasteiger partial charge in [0.2, 0.25) is 5.91 Å². The number of nitrogens with one attached hydrogen (secondary N) is 1. The van der Waals surface area contributed by atoms with Gasteiger partial charge in [0.05, 0.1) is 11.8 Å². The summed E-state index contributed by atoms with van der Waals surface area (Å²) in [4.78, 5) is 25.5. The van der Waals surface area contributed by atoms with Crippen LogP contribution in [-0.4, -0.2) is 15.7 Å². The fourth-order valence-corrected chi connectivity index (χ4v) is 4.41. The first-order valence-electron chi connectivity index (χ1n) is 8.62. The lowest BCUT2D eigenvalue weighted by Crippen LogP contribution is -2.25. The molecule has 3 aromatic heterocycles. The number of fused-ring (bicyclic) bond motifs is 1. The Labute approximate surface area is 158 Å². The number of thiophene rings is 1. The summed E-state index contributed by atoms with van der Waals surface area (Å²) in [6.07, 6.45) is 6.53. The molecule has 1 aliphatic rings. The number of nitrogens with zero attached hydrogens (tertiary/aromatic N) is 3. The van der Waals surface area contributed by atoms with E-state index in [1.54, 1.807) is 12.1 Å². The van der Waals surface area contributed by atoms with Crippen LogP contribution in [0.3, 0.4) is 0 Å². The van der Waals surface area contributed by atoms with Crippen LogP contribution in [0.4, 0.5) is 5.00 Å². The van der Waals surface area contributed by atoms with Crippen molar-refractivity contribution in [3.05, 3.63) is 45.0 Å². The fraction of sp³-hybridized carbons (Fsp3) is 0.333. The van der Waals surface area contributed by atoms with E-state index in [-0.39, 0.29) is 12.4 Å². The van der Waals surface area contributed by atoms with Crippen molar-refractivity contribution in [3.63, 3.8) is 0 Å².